The fraction of sp³-hybridized carbons (Fsp3) is 0.385. The third-order valence-electron chi connectivity index (χ3n) is 5.35. The van der Waals surface area contributed by atoms with Gasteiger partial charge in [0.05, 0.1) is 31.4 Å². The van der Waals surface area contributed by atoms with Gasteiger partial charge in [-0.05, 0) is 54.8 Å². The van der Waals surface area contributed by atoms with Gasteiger partial charge in [-0.2, -0.15) is 0 Å². The highest BCUT2D eigenvalue weighted by Crippen LogP contribution is 2.39. The van der Waals surface area contributed by atoms with Crippen LogP contribution in [-0.2, 0) is 14.3 Å². The van der Waals surface area contributed by atoms with Crippen LogP contribution in [0.4, 0.5) is 0 Å². The molecule has 0 spiro atoms. The van der Waals surface area contributed by atoms with Gasteiger partial charge in [0.2, 0.25) is 0 Å². The fourth-order valence-corrected chi connectivity index (χ4v) is 3.70. The zero-order valence-corrected chi connectivity index (χ0v) is 19.4. The van der Waals surface area contributed by atoms with Crippen molar-refractivity contribution in [2.24, 2.45) is 0 Å². The van der Waals surface area contributed by atoms with E-state index in [0.717, 1.165) is 12.8 Å². The van der Waals surface area contributed by atoms with Crippen LogP contribution >= 0.6 is 0 Å². The second kappa shape index (κ2) is 11.5. The number of hydrogen-bond acceptors (Lipinski definition) is 6. The molecular weight excluding hydrogens is 422 g/mol. The van der Waals surface area contributed by atoms with Gasteiger partial charge in [-0.15, -0.1) is 0 Å². The van der Waals surface area contributed by atoms with Gasteiger partial charge in [0.25, 0.3) is 11.7 Å². The minimum atomic E-state index is -0.726. The number of hydrogen-bond donors (Lipinski definition) is 1. The maximum absolute atomic E-state index is 13.0. The molecule has 0 bridgehead atoms. The van der Waals surface area contributed by atoms with E-state index in [1.165, 1.54) is 12.0 Å². The highest BCUT2D eigenvalue weighted by molar-refractivity contribution is 6.46. The van der Waals surface area contributed by atoms with E-state index in [0.29, 0.717) is 35.8 Å². The predicted octanol–water partition coefficient (Wildman–Crippen LogP) is 4.33. The van der Waals surface area contributed by atoms with Crippen LogP contribution in [0.2, 0.25) is 0 Å². The third-order valence-corrected chi connectivity index (χ3v) is 5.35. The van der Waals surface area contributed by atoms with Gasteiger partial charge in [0, 0.05) is 19.2 Å². The Bertz CT molecular complexity index is 981. The highest BCUT2D eigenvalue weighted by Gasteiger charge is 2.45. The summed E-state index contributed by atoms with van der Waals surface area (Å²) >= 11 is 0. The Kier molecular flexibility index (Phi) is 8.49. The topological polar surface area (TPSA) is 85.3 Å². The molecule has 1 aliphatic rings. The summed E-state index contributed by atoms with van der Waals surface area (Å²) in [6.45, 7) is 5.73. The van der Waals surface area contributed by atoms with Gasteiger partial charge in [0.15, 0.2) is 0 Å². The van der Waals surface area contributed by atoms with Crippen LogP contribution in [0.1, 0.15) is 43.9 Å². The highest BCUT2D eigenvalue weighted by atomic mass is 16.5. The average molecular weight is 454 g/mol. The summed E-state index contributed by atoms with van der Waals surface area (Å²) in [6, 6.07) is 13.4. The lowest BCUT2D eigenvalue weighted by Crippen LogP contribution is -2.32. The van der Waals surface area contributed by atoms with Crippen LogP contribution in [0.15, 0.2) is 54.1 Å². The minimum absolute atomic E-state index is 0.0561. The van der Waals surface area contributed by atoms with E-state index in [1.807, 2.05) is 26.0 Å². The van der Waals surface area contributed by atoms with E-state index >= 15 is 0 Å². The maximum Gasteiger partial charge on any atom is 0.295 e. The Morgan fingerprint density at radius 1 is 0.879 bits per heavy atom. The molecule has 0 radical (unpaired) electrons. The van der Waals surface area contributed by atoms with Crippen molar-refractivity contribution in [3.05, 3.63) is 65.2 Å². The number of ketones is 1. The van der Waals surface area contributed by atoms with Crippen molar-refractivity contribution in [3.8, 4) is 11.5 Å². The maximum atomic E-state index is 13.0. The molecule has 1 amide bonds. The number of nitrogens with zero attached hydrogens (tertiary/aromatic N) is 1. The van der Waals surface area contributed by atoms with Crippen molar-refractivity contribution >= 4 is 17.4 Å². The van der Waals surface area contributed by atoms with Gasteiger partial charge < -0.3 is 24.2 Å². The quantitative estimate of drug-likeness (QED) is 0.310. The zero-order chi connectivity index (χ0) is 23.8. The Balaban J connectivity index is 2.00. The van der Waals surface area contributed by atoms with Gasteiger partial charge in [-0.3, -0.25) is 9.59 Å². The van der Waals surface area contributed by atoms with Crippen LogP contribution in [0.25, 0.3) is 5.76 Å². The lowest BCUT2D eigenvalue weighted by molar-refractivity contribution is -0.140. The number of carbonyl (C=O) groups excluding carboxylic acids is 2. The fourth-order valence-electron chi connectivity index (χ4n) is 3.70. The molecule has 0 saturated carbocycles. The van der Waals surface area contributed by atoms with Gasteiger partial charge in [0.1, 0.15) is 17.3 Å². The summed E-state index contributed by atoms with van der Waals surface area (Å²) in [5.74, 6) is -0.212. The van der Waals surface area contributed by atoms with Crippen LogP contribution < -0.4 is 9.47 Å². The lowest BCUT2D eigenvalue weighted by atomic mass is 9.95. The van der Waals surface area contributed by atoms with Crippen LogP contribution in [0, 0.1) is 0 Å². The average Bonchev–Trinajstić information content (AvgIpc) is 3.10. The molecule has 1 fully saturated rings. The summed E-state index contributed by atoms with van der Waals surface area (Å²) < 4.78 is 16.4. The summed E-state index contributed by atoms with van der Waals surface area (Å²) in [5, 5.41) is 11.1. The Morgan fingerprint density at radius 2 is 1.42 bits per heavy atom. The number of aliphatic hydroxyl groups is 1. The summed E-state index contributed by atoms with van der Waals surface area (Å²) in [5.41, 5.74) is 1.20. The first kappa shape index (κ1) is 24.3. The second-order valence-corrected chi connectivity index (χ2v) is 7.78. The van der Waals surface area contributed by atoms with Crippen molar-refractivity contribution in [3.63, 3.8) is 0 Å². The van der Waals surface area contributed by atoms with Crippen LogP contribution in [-0.4, -0.2) is 55.2 Å². The lowest BCUT2D eigenvalue weighted by Gasteiger charge is -2.25. The number of methoxy groups -OCH3 is 1. The van der Waals surface area contributed by atoms with E-state index in [2.05, 4.69) is 0 Å². The smallest absolute Gasteiger partial charge is 0.295 e. The molecule has 7 heteroatoms. The molecule has 33 heavy (non-hydrogen) atoms. The number of ether oxygens (including phenoxy) is 3. The number of carbonyl (C=O) groups is 2. The largest absolute Gasteiger partial charge is 0.507 e. The first-order chi connectivity index (χ1) is 16.0. The van der Waals surface area contributed by atoms with Crippen molar-refractivity contribution < 1.29 is 28.9 Å². The van der Waals surface area contributed by atoms with E-state index in [1.54, 1.807) is 36.4 Å². The molecule has 1 saturated heterocycles. The van der Waals surface area contributed by atoms with Crippen molar-refractivity contribution in [1.29, 1.82) is 0 Å². The number of Topliss-reactive ketones (excluding diaryl/α,β-unsaturated/α-hetero) is 1. The summed E-state index contributed by atoms with van der Waals surface area (Å²) in [6.07, 6.45) is 1.77. The molecule has 3 rings (SSSR count). The molecule has 7 nitrogen and oxygen atoms in total. The van der Waals surface area contributed by atoms with Crippen molar-refractivity contribution in [2.45, 2.75) is 32.7 Å². The number of aliphatic hydroxyl groups excluding tert-OH is 1. The first-order valence-corrected chi connectivity index (χ1v) is 11.2. The Hall–Kier alpha value is -3.32. The zero-order valence-electron chi connectivity index (χ0n) is 19.4. The number of amides is 1. The van der Waals surface area contributed by atoms with E-state index < -0.39 is 17.7 Å². The number of rotatable bonds is 11. The van der Waals surface area contributed by atoms with Crippen molar-refractivity contribution in [1.82, 2.24) is 4.90 Å². The van der Waals surface area contributed by atoms with Gasteiger partial charge in [-0.1, -0.05) is 26.0 Å². The molecule has 1 N–H and O–H groups in total. The minimum Gasteiger partial charge on any atom is -0.507 e. The molecule has 0 aliphatic carbocycles. The van der Waals surface area contributed by atoms with E-state index in [-0.39, 0.29) is 24.5 Å². The standard InChI is InChI=1S/C26H31NO6/c1-4-15-32-20-10-6-18(7-11-20)23-22(25(29)26(30)27(23)14-17-31-3)24(28)19-8-12-21(13-9-19)33-16-5-2/h6-13,23,28H,4-5,14-17H2,1-3H3/b24-22-. The van der Waals surface area contributed by atoms with E-state index in [4.69, 9.17) is 14.2 Å². The molecule has 176 valence electrons. The summed E-state index contributed by atoms with van der Waals surface area (Å²) in [4.78, 5) is 27.3. The third kappa shape index (κ3) is 5.54. The van der Waals surface area contributed by atoms with Crippen molar-refractivity contribution in [2.75, 3.05) is 33.5 Å². The van der Waals surface area contributed by atoms with Crippen LogP contribution in [0.3, 0.4) is 0 Å². The Labute approximate surface area is 194 Å². The summed E-state index contributed by atoms with van der Waals surface area (Å²) in [7, 11) is 1.54. The van der Waals surface area contributed by atoms with Gasteiger partial charge in [-0.25, -0.2) is 0 Å². The number of benzene rings is 2. The van der Waals surface area contributed by atoms with Crippen LogP contribution in [0.5, 0.6) is 11.5 Å². The molecule has 2 aromatic rings. The Morgan fingerprint density at radius 3 is 1.94 bits per heavy atom. The number of likely N-dealkylation sites (tertiary alicyclic amines) is 1. The predicted molar refractivity (Wildman–Crippen MR) is 125 cm³/mol. The van der Waals surface area contributed by atoms with E-state index in [9.17, 15) is 14.7 Å². The molecule has 1 unspecified atom stereocenters. The molecule has 1 heterocycles. The second-order valence-electron chi connectivity index (χ2n) is 7.78. The molecular formula is C26H31NO6. The SMILES string of the molecule is CCCOc1ccc(/C(O)=C2/C(=O)C(=O)N(CCOC)C2c2ccc(OCCC)cc2)cc1. The first-order valence-electron chi connectivity index (χ1n) is 11.2. The molecule has 2 aromatic carbocycles. The molecule has 0 aromatic heterocycles. The molecule has 1 atom stereocenters. The van der Waals surface area contributed by atoms with Gasteiger partial charge >= 0.3 is 0 Å². The monoisotopic (exact) mass is 453 g/mol. The normalized spacial score (nSPS) is 17.4. The molecule has 1 aliphatic heterocycles.